The largest absolute Gasteiger partial charge is 0.416 e. The number of carbonyl (C=O) groups is 1. The Morgan fingerprint density at radius 3 is 2.33 bits per heavy atom. The lowest BCUT2D eigenvalue weighted by molar-refractivity contribution is -0.137. The Hall–Kier alpha value is -2.55. The van der Waals surface area contributed by atoms with Gasteiger partial charge in [0.2, 0.25) is 0 Å². The molecule has 0 unspecified atom stereocenters. The lowest BCUT2D eigenvalue weighted by atomic mass is 10.2. The maximum atomic E-state index is 12.7. The van der Waals surface area contributed by atoms with Crippen molar-refractivity contribution in [3.05, 3.63) is 59.7 Å². The van der Waals surface area contributed by atoms with Crippen molar-refractivity contribution in [3.63, 3.8) is 0 Å². The lowest BCUT2D eigenvalue weighted by Gasteiger charge is -2.11. The van der Waals surface area contributed by atoms with Crippen molar-refractivity contribution in [1.82, 2.24) is 5.32 Å². The summed E-state index contributed by atoms with van der Waals surface area (Å²) in [6.45, 7) is 2.51. The molecular weight excluding hydrogens is 381 g/mol. The van der Waals surface area contributed by atoms with Crippen LogP contribution in [0.5, 0.6) is 0 Å². The topological polar surface area (TPSA) is 75.3 Å². The minimum atomic E-state index is -4.58. The van der Waals surface area contributed by atoms with Crippen LogP contribution in [0.2, 0.25) is 0 Å². The third kappa shape index (κ3) is 5.72. The van der Waals surface area contributed by atoms with Gasteiger partial charge in [-0.15, -0.1) is 0 Å². The van der Waals surface area contributed by atoms with Gasteiger partial charge in [-0.2, -0.15) is 13.2 Å². The van der Waals surface area contributed by atoms with Crippen LogP contribution in [0.3, 0.4) is 0 Å². The molecule has 9 heteroatoms. The van der Waals surface area contributed by atoms with E-state index >= 15 is 0 Å². The average molecular weight is 400 g/mol. The van der Waals surface area contributed by atoms with Gasteiger partial charge < -0.3 is 5.32 Å². The number of rotatable bonds is 7. The summed E-state index contributed by atoms with van der Waals surface area (Å²) in [5, 5.41) is 2.71. The van der Waals surface area contributed by atoms with E-state index in [1.54, 1.807) is 0 Å². The van der Waals surface area contributed by atoms with E-state index in [4.69, 9.17) is 0 Å². The summed E-state index contributed by atoms with van der Waals surface area (Å²) < 4.78 is 65.1. The van der Waals surface area contributed by atoms with Gasteiger partial charge in [-0.3, -0.25) is 9.52 Å². The summed E-state index contributed by atoms with van der Waals surface area (Å²) in [5.74, 6) is -0.321. The number of amides is 1. The molecule has 0 bridgehead atoms. The maximum absolute atomic E-state index is 12.7. The molecule has 2 aromatic carbocycles. The van der Waals surface area contributed by atoms with Crippen molar-refractivity contribution in [2.24, 2.45) is 0 Å². The normalized spacial score (nSPS) is 11.9. The van der Waals surface area contributed by atoms with Crippen LogP contribution >= 0.6 is 0 Å². The third-order valence-corrected chi connectivity index (χ3v) is 5.08. The molecule has 0 aliphatic carbocycles. The van der Waals surface area contributed by atoms with Crippen LogP contribution in [0.25, 0.3) is 0 Å². The number of nitrogens with one attached hydrogen (secondary N) is 2. The lowest BCUT2D eigenvalue weighted by Crippen LogP contribution is -2.24. The van der Waals surface area contributed by atoms with Crippen molar-refractivity contribution in [2.45, 2.75) is 30.8 Å². The van der Waals surface area contributed by atoms with E-state index in [0.29, 0.717) is 18.2 Å². The number of alkyl halides is 3. The second kappa shape index (κ2) is 8.43. The molecule has 5 nitrogen and oxygen atoms in total. The fourth-order valence-electron chi connectivity index (χ4n) is 2.24. The third-order valence-electron chi connectivity index (χ3n) is 3.68. The van der Waals surface area contributed by atoms with Gasteiger partial charge in [0.15, 0.2) is 0 Å². The highest BCUT2D eigenvalue weighted by Crippen LogP contribution is 2.31. The number of sulfonamides is 1. The van der Waals surface area contributed by atoms with Gasteiger partial charge in [0.1, 0.15) is 0 Å². The van der Waals surface area contributed by atoms with Crippen LogP contribution < -0.4 is 10.0 Å². The standard InChI is InChI=1S/C18H19F3N2O3S/c1-2-3-11-22-17(24)13-7-9-16(10-8-13)27(25,26)23-15-6-4-5-14(12-15)18(19,20)21/h4-10,12,23H,2-3,11H2,1H3,(H,22,24). The van der Waals surface area contributed by atoms with Gasteiger partial charge in [-0.1, -0.05) is 19.4 Å². The summed E-state index contributed by atoms with van der Waals surface area (Å²) in [5.41, 5.74) is -0.864. The van der Waals surface area contributed by atoms with E-state index in [-0.39, 0.29) is 16.5 Å². The van der Waals surface area contributed by atoms with Crippen molar-refractivity contribution < 1.29 is 26.4 Å². The first-order valence-electron chi connectivity index (χ1n) is 8.22. The smallest absolute Gasteiger partial charge is 0.352 e. The summed E-state index contributed by atoms with van der Waals surface area (Å²) in [6.07, 6.45) is -2.81. The molecule has 2 rings (SSSR count). The highest BCUT2D eigenvalue weighted by molar-refractivity contribution is 7.92. The molecule has 0 aromatic heterocycles. The van der Waals surface area contributed by atoms with Crippen molar-refractivity contribution in [3.8, 4) is 0 Å². The van der Waals surface area contributed by atoms with Crippen LogP contribution in [-0.2, 0) is 16.2 Å². The second-order valence-corrected chi connectivity index (χ2v) is 7.50. The first kappa shape index (κ1) is 20.8. The van der Waals surface area contributed by atoms with Gasteiger partial charge >= 0.3 is 6.18 Å². The molecule has 1 amide bonds. The second-order valence-electron chi connectivity index (χ2n) is 5.82. The first-order valence-corrected chi connectivity index (χ1v) is 9.70. The quantitative estimate of drug-likeness (QED) is 0.689. The molecule has 0 heterocycles. The number of hydrogen-bond donors (Lipinski definition) is 2. The Morgan fingerprint density at radius 1 is 1.07 bits per heavy atom. The molecule has 0 atom stereocenters. The molecule has 2 N–H and O–H groups in total. The number of halogens is 3. The molecule has 0 aliphatic heterocycles. The Kier molecular flexibility index (Phi) is 6.48. The zero-order valence-electron chi connectivity index (χ0n) is 14.5. The molecule has 0 spiro atoms. The first-order chi connectivity index (χ1) is 12.6. The van der Waals surface area contributed by atoms with Crippen LogP contribution in [0, 0.1) is 0 Å². The number of anilines is 1. The fourth-order valence-corrected chi connectivity index (χ4v) is 3.29. The Morgan fingerprint density at radius 2 is 1.74 bits per heavy atom. The molecule has 0 saturated carbocycles. The van der Waals surface area contributed by atoms with Crippen LogP contribution in [0.4, 0.5) is 18.9 Å². The molecule has 2 aromatic rings. The van der Waals surface area contributed by atoms with E-state index in [1.807, 2.05) is 6.92 Å². The predicted molar refractivity (Wildman–Crippen MR) is 95.9 cm³/mol. The molecule has 0 fully saturated rings. The highest BCUT2D eigenvalue weighted by Gasteiger charge is 2.30. The number of hydrogen-bond acceptors (Lipinski definition) is 3. The number of benzene rings is 2. The highest BCUT2D eigenvalue weighted by atomic mass is 32.2. The maximum Gasteiger partial charge on any atom is 0.416 e. The van der Waals surface area contributed by atoms with Gasteiger partial charge in [0, 0.05) is 17.8 Å². The monoisotopic (exact) mass is 400 g/mol. The summed E-state index contributed by atoms with van der Waals surface area (Å²) >= 11 is 0. The summed E-state index contributed by atoms with van der Waals surface area (Å²) in [6, 6.07) is 9.06. The van der Waals surface area contributed by atoms with E-state index < -0.39 is 21.8 Å². The zero-order chi connectivity index (χ0) is 20.1. The van der Waals surface area contributed by atoms with E-state index in [0.717, 1.165) is 25.0 Å². The zero-order valence-corrected chi connectivity index (χ0v) is 15.3. The minimum absolute atomic E-state index is 0.162. The van der Waals surface area contributed by atoms with Gasteiger partial charge in [0.05, 0.1) is 10.5 Å². The Balaban J connectivity index is 2.14. The number of carbonyl (C=O) groups excluding carboxylic acids is 1. The molecule has 0 radical (unpaired) electrons. The van der Waals surface area contributed by atoms with E-state index in [2.05, 4.69) is 10.0 Å². The fraction of sp³-hybridized carbons (Fsp3) is 0.278. The van der Waals surface area contributed by atoms with Crippen LogP contribution in [-0.4, -0.2) is 20.9 Å². The van der Waals surface area contributed by atoms with E-state index in [9.17, 15) is 26.4 Å². The van der Waals surface area contributed by atoms with Crippen LogP contribution in [0.1, 0.15) is 35.7 Å². The Labute approximate surface area is 155 Å². The van der Waals surface area contributed by atoms with E-state index in [1.165, 1.54) is 30.3 Å². The van der Waals surface area contributed by atoms with Crippen molar-refractivity contribution in [2.75, 3.05) is 11.3 Å². The van der Waals surface area contributed by atoms with Gasteiger partial charge in [-0.05, 0) is 48.9 Å². The summed E-state index contributed by atoms with van der Waals surface area (Å²) in [4.78, 5) is 11.8. The molecule has 0 aliphatic rings. The molecule has 146 valence electrons. The van der Waals surface area contributed by atoms with Gasteiger partial charge in [-0.25, -0.2) is 8.42 Å². The van der Waals surface area contributed by atoms with Crippen LogP contribution in [0.15, 0.2) is 53.4 Å². The van der Waals surface area contributed by atoms with Crippen molar-refractivity contribution >= 4 is 21.6 Å². The molecular formula is C18H19F3N2O3S. The minimum Gasteiger partial charge on any atom is -0.352 e. The summed E-state index contributed by atoms with van der Waals surface area (Å²) in [7, 11) is -4.09. The Bertz CT molecular complexity index is 895. The van der Waals surface area contributed by atoms with Crippen molar-refractivity contribution in [1.29, 1.82) is 0 Å². The number of unbranched alkanes of at least 4 members (excludes halogenated alkanes) is 1. The molecule has 27 heavy (non-hydrogen) atoms. The SMILES string of the molecule is CCCCNC(=O)c1ccc(S(=O)(=O)Nc2cccc(C(F)(F)F)c2)cc1. The predicted octanol–water partition coefficient (Wildman–Crippen LogP) is 4.04. The van der Waals surface area contributed by atoms with Gasteiger partial charge in [0.25, 0.3) is 15.9 Å². The molecule has 0 saturated heterocycles. The average Bonchev–Trinajstić information content (AvgIpc) is 2.61.